The summed E-state index contributed by atoms with van der Waals surface area (Å²) < 4.78 is 0. The molecule has 0 aromatic rings. The highest BCUT2D eigenvalue weighted by molar-refractivity contribution is 4.88. The molecule has 1 aliphatic carbocycles. The molecule has 1 heteroatoms. The summed E-state index contributed by atoms with van der Waals surface area (Å²) >= 11 is 0. The van der Waals surface area contributed by atoms with Crippen LogP contribution < -0.4 is 5.73 Å². The Bertz CT molecular complexity index is 155. The van der Waals surface area contributed by atoms with Gasteiger partial charge >= 0.3 is 0 Å². The highest BCUT2D eigenvalue weighted by Gasteiger charge is 2.34. The average Bonchev–Trinajstić information content (AvgIpc) is 2.15. The standard InChI is InChI=1S/C13H27N/c1-4-5-6-7-10(2)11(3)12-8-9-13(12)14/h10-13H,4-9,14H2,1-3H3. The molecule has 0 amide bonds. The van der Waals surface area contributed by atoms with E-state index in [0.29, 0.717) is 6.04 Å². The fourth-order valence-electron chi connectivity index (χ4n) is 2.61. The molecule has 1 aliphatic rings. The third kappa shape index (κ3) is 2.98. The average molecular weight is 197 g/mol. The van der Waals surface area contributed by atoms with Gasteiger partial charge in [0.1, 0.15) is 0 Å². The lowest BCUT2D eigenvalue weighted by Gasteiger charge is -2.40. The van der Waals surface area contributed by atoms with Gasteiger partial charge in [0.2, 0.25) is 0 Å². The van der Waals surface area contributed by atoms with Crippen LogP contribution in [0.25, 0.3) is 0 Å². The molecule has 14 heavy (non-hydrogen) atoms. The first-order valence-corrected chi connectivity index (χ1v) is 6.42. The van der Waals surface area contributed by atoms with E-state index in [1.165, 1.54) is 38.5 Å². The number of rotatable bonds is 6. The lowest BCUT2D eigenvalue weighted by atomic mass is 9.68. The summed E-state index contributed by atoms with van der Waals surface area (Å²) in [6.45, 7) is 7.08. The molecule has 4 unspecified atom stereocenters. The Morgan fingerprint density at radius 3 is 2.36 bits per heavy atom. The summed E-state index contributed by atoms with van der Waals surface area (Å²) in [6.07, 6.45) is 8.18. The maximum atomic E-state index is 6.02. The fraction of sp³-hybridized carbons (Fsp3) is 1.00. The van der Waals surface area contributed by atoms with Gasteiger partial charge in [-0.3, -0.25) is 0 Å². The van der Waals surface area contributed by atoms with Crippen LogP contribution in [-0.4, -0.2) is 6.04 Å². The summed E-state index contributed by atoms with van der Waals surface area (Å²) in [5.74, 6) is 2.54. The Hall–Kier alpha value is -0.0400. The molecule has 0 aromatic carbocycles. The number of unbranched alkanes of at least 4 members (excludes halogenated alkanes) is 2. The van der Waals surface area contributed by atoms with Gasteiger partial charge in [0.05, 0.1) is 0 Å². The zero-order valence-corrected chi connectivity index (χ0v) is 10.1. The molecule has 2 N–H and O–H groups in total. The van der Waals surface area contributed by atoms with Crippen molar-refractivity contribution in [2.24, 2.45) is 23.5 Å². The van der Waals surface area contributed by atoms with Gasteiger partial charge < -0.3 is 5.73 Å². The zero-order chi connectivity index (χ0) is 10.6. The van der Waals surface area contributed by atoms with Crippen LogP contribution in [0.4, 0.5) is 0 Å². The SMILES string of the molecule is CCCCCC(C)C(C)C1CCC1N. The molecular weight excluding hydrogens is 170 g/mol. The van der Waals surface area contributed by atoms with Crippen molar-refractivity contribution in [3.8, 4) is 0 Å². The molecule has 1 saturated carbocycles. The first kappa shape index (κ1) is 12.0. The largest absolute Gasteiger partial charge is 0.327 e. The number of hydrogen-bond acceptors (Lipinski definition) is 1. The predicted molar refractivity (Wildman–Crippen MR) is 63.2 cm³/mol. The quantitative estimate of drug-likeness (QED) is 0.647. The van der Waals surface area contributed by atoms with Gasteiger partial charge in [0.25, 0.3) is 0 Å². The molecule has 0 aromatic heterocycles. The van der Waals surface area contributed by atoms with Gasteiger partial charge in [-0.25, -0.2) is 0 Å². The van der Waals surface area contributed by atoms with Crippen molar-refractivity contribution < 1.29 is 0 Å². The van der Waals surface area contributed by atoms with Crippen molar-refractivity contribution in [2.75, 3.05) is 0 Å². The lowest BCUT2D eigenvalue weighted by Crippen LogP contribution is -2.44. The predicted octanol–water partition coefficient (Wildman–Crippen LogP) is 3.58. The molecule has 0 heterocycles. The van der Waals surface area contributed by atoms with Crippen molar-refractivity contribution in [1.29, 1.82) is 0 Å². The second kappa shape index (κ2) is 5.75. The van der Waals surface area contributed by atoms with Crippen LogP contribution in [0.3, 0.4) is 0 Å². The minimum absolute atomic E-state index is 0.513. The van der Waals surface area contributed by atoms with Crippen molar-refractivity contribution in [2.45, 2.75) is 65.3 Å². The molecule has 0 bridgehead atoms. The monoisotopic (exact) mass is 197 g/mol. The van der Waals surface area contributed by atoms with Crippen molar-refractivity contribution in [3.05, 3.63) is 0 Å². The first-order valence-electron chi connectivity index (χ1n) is 6.42. The molecule has 84 valence electrons. The van der Waals surface area contributed by atoms with Gasteiger partial charge in [0.15, 0.2) is 0 Å². The van der Waals surface area contributed by atoms with E-state index < -0.39 is 0 Å². The Morgan fingerprint density at radius 1 is 1.21 bits per heavy atom. The van der Waals surface area contributed by atoms with Crippen LogP contribution in [-0.2, 0) is 0 Å². The summed E-state index contributed by atoms with van der Waals surface area (Å²) in [5, 5.41) is 0. The van der Waals surface area contributed by atoms with Crippen LogP contribution in [0.5, 0.6) is 0 Å². The molecule has 0 saturated heterocycles. The van der Waals surface area contributed by atoms with E-state index in [2.05, 4.69) is 20.8 Å². The molecule has 0 spiro atoms. The maximum absolute atomic E-state index is 6.02. The Morgan fingerprint density at radius 2 is 1.93 bits per heavy atom. The minimum atomic E-state index is 0.513. The van der Waals surface area contributed by atoms with E-state index in [-0.39, 0.29) is 0 Å². The summed E-state index contributed by atoms with van der Waals surface area (Å²) in [7, 11) is 0. The Kier molecular flexibility index (Phi) is 4.94. The molecule has 1 nitrogen and oxygen atoms in total. The maximum Gasteiger partial charge on any atom is 0.00699 e. The molecule has 0 aliphatic heterocycles. The van der Waals surface area contributed by atoms with Gasteiger partial charge in [-0.15, -0.1) is 0 Å². The van der Waals surface area contributed by atoms with Crippen LogP contribution >= 0.6 is 0 Å². The third-order valence-corrected chi connectivity index (χ3v) is 4.22. The van der Waals surface area contributed by atoms with Crippen LogP contribution in [0.1, 0.15) is 59.3 Å². The minimum Gasteiger partial charge on any atom is -0.327 e. The summed E-state index contributed by atoms with van der Waals surface area (Å²) in [5.41, 5.74) is 6.02. The molecular formula is C13H27N. The highest BCUT2D eigenvalue weighted by atomic mass is 14.7. The molecule has 4 atom stereocenters. The van der Waals surface area contributed by atoms with E-state index in [4.69, 9.17) is 5.73 Å². The Balaban J connectivity index is 2.18. The van der Waals surface area contributed by atoms with Crippen LogP contribution in [0, 0.1) is 17.8 Å². The van der Waals surface area contributed by atoms with E-state index >= 15 is 0 Å². The second-order valence-corrected chi connectivity index (χ2v) is 5.24. The van der Waals surface area contributed by atoms with Crippen molar-refractivity contribution >= 4 is 0 Å². The molecule has 0 radical (unpaired) electrons. The van der Waals surface area contributed by atoms with Crippen molar-refractivity contribution in [1.82, 2.24) is 0 Å². The van der Waals surface area contributed by atoms with E-state index in [9.17, 15) is 0 Å². The zero-order valence-electron chi connectivity index (χ0n) is 10.1. The Labute approximate surface area is 89.5 Å². The smallest absolute Gasteiger partial charge is 0.00699 e. The fourth-order valence-corrected chi connectivity index (χ4v) is 2.61. The third-order valence-electron chi connectivity index (χ3n) is 4.22. The number of hydrogen-bond donors (Lipinski definition) is 1. The van der Waals surface area contributed by atoms with Gasteiger partial charge in [-0.1, -0.05) is 46.5 Å². The number of nitrogens with two attached hydrogens (primary N) is 1. The van der Waals surface area contributed by atoms with E-state index in [1.54, 1.807) is 0 Å². The van der Waals surface area contributed by atoms with E-state index in [0.717, 1.165) is 17.8 Å². The lowest BCUT2D eigenvalue weighted by molar-refractivity contribution is 0.130. The molecule has 1 fully saturated rings. The van der Waals surface area contributed by atoms with Gasteiger partial charge in [0, 0.05) is 6.04 Å². The van der Waals surface area contributed by atoms with Gasteiger partial charge in [-0.05, 0) is 30.6 Å². The second-order valence-electron chi connectivity index (χ2n) is 5.24. The van der Waals surface area contributed by atoms with Crippen molar-refractivity contribution in [3.63, 3.8) is 0 Å². The van der Waals surface area contributed by atoms with E-state index in [1.807, 2.05) is 0 Å². The van der Waals surface area contributed by atoms with Crippen LogP contribution in [0.15, 0.2) is 0 Å². The normalized spacial score (nSPS) is 30.9. The molecule has 1 rings (SSSR count). The summed E-state index contributed by atoms with van der Waals surface area (Å²) in [6, 6.07) is 0.513. The highest BCUT2D eigenvalue weighted by Crippen LogP contribution is 2.37. The first-order chi connectivity index (χ1) is 6.66. The summed E-state index contributed by atoms with van der Waals surface area (Å²) in [4.78, 5) is 0. The van der Waals surface area contributed by atoms with Crippen LogP contribution in [0.2, 0.25) is 0 Å². The van der Waals surface area contributed by atoms with Gasteiger partial charge in [-0.2, -0.15) is 0 Å². The topological polar surface area (TPSA) is 26.0 Å².